The first-order chi connectivity index (χ1) is 6.52. The Hall–Kier alpha value is -0.330. The van der Waals surface area contributed by atoms with Crippen LogP contribution in [-0.2, 0) is 4.79 Å². The topological polar surface area (TPSA) is 17.1 Å². The number of Topliss-reactive ketones (excluding diaryl/α,β-unsaturated/α-hetero) is 1. The lowest BCUT2D eigenvalue weighted by Crippen LogP contribution is -2.32. The van der Waals surface area contributed by atoms with Gasteiger partial charge in [0.15, 0.2) is 0 Å². The predicted molar refractivity (Wildman–Crippen MR) is 60.1 cm³/mol. The molecule has 1 nitrogen and oxygen atoms in total. The molecule has 14 heavy (non-hydrogen) atoms. The molecule has 0 bridgehead atoms. The number of hydrogen-bond acceptors (Lipinski definition) is 1. The van der Waals surface area contributed by atoms with Gasteiger partial charge in [-0.15, -0.1) is 0 Å². The van der Waals surface area contributed by atoms with Gasteiger partial charge in [-0.25, -0.2) is 0 Å². The molecule has 2 atom stereocenters. The lowest BCUT2D eigenvalue weighted by atomic mass is 9.73. The van der Waals surface area contributed by atoms with Crippen LogP contribution < -0.4 is 0 Å². The monoisotopic (exact) mass is 196 g/mol. The third-order valence-electron chi connectivity index (χ3n) is 3.40. The predicted octanol–water partition coefficient (Wildman–Crippen LogP) is 3.67. The lowest BCUT2D eigenvalue weighted by molar-refractivity contribution is -0.131. The molecular weight excluding hydrogens is 172 g/mol. The van der Waals surface area contributed by atoms with Crippen molar-refractivity contribution in [3.63, 3.8) is 0 Å². The van der Waals surface area contributed by atoms with E-state index in [0.717, 1.165) is 19.3 Å². The molecule has 0 aromatic heterocycles. The number of ketones is 1. The highest BCUT2D eigenvalue weighted by atomic mass is 16.1. The van der Waals surface area contributed by atoms with Crippen LogP contribution in [0.15, 0.2) is 0 Å². The highest BCUT2D eigenvalue weighted by Crippen LogP contribution is 2.33. The molecule has 0 heterocycles. The van der Waals surface area contributed by atoms with Gasteiger partial charge in [0.2, 0.25) is 0 Å². The molecular formula is C13H24O. The molecule has 0 amide bonds. The maximum atomic E-state index is 12.1. The Bertz CT molecular complexity index is 193. The fourth-order valence-electron chi connectivity index (χ4n) is 2.64. The van der Waals surface area contributed by atoms with Gasteiger partial charge in [0.05, 0.1) is 0 Å². The molecule has 0 radical (unpaired) electrons. The maximum Gasteiger partial charge on any atom is 0.139 e. The van der Waals surface area contributed by atoms with Crippen molar-refractivity contribution in [2.75, 3.05) is 0 Å². The molecule has 0 N–H and O–H groups in total. The largest absolute Gasteiger partial charge is 0.299 e. The maximum absolute atomic E-state index is 12.1. The molecule has 0 spiro atoms. The minimum absolute atomic E-state index is 0.354. The molecule has 1 aliphatic carbocycles. The molecule has 0 aromatic carbocycles. The summed E-state index contributed by atoms with van der Waals surface area (Å²) in [6.45, 7) is 8.79. The van der Waals surface area contributed by atoms with Gasteiger partial charge in [-0.05, 0) is 31.1 Å². The summed E-state index contributed by atoms with van der Waals surface area (Å²) in [5.74, 6) is 2.48. The molecule has 1 heteroatoms. The number of rotatable bonds is 3. The molecule has 1 fully saturated rings. The van der Waals surface area contributed by atoms with Crippen LogP contribution in [0, 0.1) is 23.7 Å². The van der Waals surface area contributed by atoms with Gasteiger partial charge in [-0.1, -0.05) is 34.1 Å². The number of hydrogen-bond donors (Lipinski definition) is 0. The van der Waals surface area contributed by atoms with E-state index >= 15 is 0 Å². The summed E-state index contributed by atoms with van der Waals surface area (Å²) < 4.78 is 0. The second kappa shape index (κ2) is 4.95. The molecule has 0 saturated heterocycles. The summed E-state index contributed by atoms with van der Waals surface area (Å²) in [5, 5.41) is 0. The lowest BCUT2D eigenvalue weighted by Gasteiger charge is -2.31. The first kappa shape index (κ1) is 11.7. The summed E-state index contributed by atoms with van der Waals surface area (Å²) in [6.07, 6.45) is 4.62. The Balaban J connectivity index is 2.57. The van der Waals surface area contributed by atoms with Crippen molar-refractivity contribution >= 4 is 5.78 Å². The average molecular weight is 196 g/mol. The Morgan fingerprint density at radius 3 is 2.36 bits per heavy atom. The van der Waals surface area contributed by atoms with Crippen molar-refractivity contribution in [3.8, 4) is 0 Å². The van der Waals surface area contributed by atoms with Crippen LogP contribution in [0.25, 0.3) is 0 Å². The van der Waals surface area contributed by atoms with E-state index in [4.69, 9.17) is 0 Å². The number of carbonyl (C=O) groups is 1. The van der Waals surface area contributed by atoms with Crippen LogP contribution in [0.4, 0.5) is 0 Å². The van der Waals surface area contributed by atoms with Crippen LogP contribution in [0.5, 0.6) is 0 Å². The second-order valence-corrected chi connectivity index (χ2v) is 5.51. The summed E-state index contributed by atoms with van der Waals surface area (Å²) in [6, 6.07) is 0. The zero-order valence-electron chi connectivity index (χ0n) is 10.0. The summed E-state index contributed by atoms with van der Waals surface area (Å²) in [5.41, 5.74) is 0. The van der Waals surface area contributed by atoms with E-state index in [9.17, 15) is 4.79 Å². The minimum Gasteiger partial charge on any atom is -0.299 e. The van der Waals surface area contributed by atoms with E-state index < -0.39 is 0 Å². The van der Waals surface area contributed by atoms with Gasteiger partial charge < -0.3 is 0 Å². The van der Waals surface area contributed by atoms with Gasteiger partial charge in [0.25, 0.3) is 0 Å². The van der Waals surface area contributed by atoms with Crippen molar-refractivity contribution in [3.05, 3.63) is 0 Å². The van der Waals surface area contributed by atoms with Crippen molar-refractivity contribution in [1.29, 1.82) is 0 Å². The zero-order chi connectivity index (χ0) is 10.7. The fourth-order valence-corrected chi connectivity index (χ4v) is 2.64. The van der Waals surface area contributed by atoms with E-state index in [-0.39, 0.29) is 0 Å². The van der Waals surface area contributed by atoms with Gasteiger partial charge in [0.1, 0.15) is 5.78 Å². The minimum atomic E-state index is 0.354. The van der Waals surface area contributed by atoms with Crippen LogP contribution in [0.2, 0.25) is 0 Å². The van der Waals surface area contributed by atoms with Gasteiger partial charge in [-0.2, -0.15) is 0 Å². The van der Waals surface area contributed by atoms with Crippen molar-refractivity contribution < 1.29 is 4.79 Å². The summed E-state index contributed by atoms with van der Waals surface area (Å²) >= 11 is 0. The Morgan fingerprint density at radius 1 is 1.21 bits per heavy atom. The average Bonchev–Trinajstić information content (AvgIpc) is 2.07. The van der Waals surface area contributed by atoms with E-state index in [0.29, 0.717) is 29.5 Å². The Morgan fingerprint density at radius 2 is 1.86 bits per heavy atom. The van der Waals surface area contributed by atoms with E-state index in [1.807, 2.05) is 0 Å². The molecule has 1 rings (SSSR count). The molecule has 0 aromatic rings. The van der Waals surface area contributed by atoms with Gasteiger partial charge in [0, 0.05) is 11.8 Å². The first-order valence-electron chi connectivity index (χ1n) is 6.06. The van der Waals surface area contributed by atoms with Crippen LogP contribution in [0.1, 0.15) is 53.4 Å². The van der Waals surface area contributed by atoms with Gasteiger partial charge in [-0.3, -0.25) is 4.79 Å². The summed E-state index contributed by atoms with van der Waals surface area (Å²) in [7, 11) is 0. The standard InChI is InChI=1S/C13H24O/c1-9(2)8-11-6-5-7-12(10(3)4)13(11)14/h9-12H,5-8H2,1-4H3. The normalized spacial score (nSPS) is 28.9. The van der Waals surface area contributed by atoms with Crippen molar-refractivity contribution in [1.82, 2.24) is 0 Å². The highest BCUT2D eigenvalue weighted by molar-refractivity contribution is 5.84. The highest BCUT2D eigenvalue weighted by Gasteiger charge is 2.32. The van der Waals surface area contributed by atoms with Gasteiger partial charge >= 0.3 is 0 Å². The number of carbonyl (C=O) groups excluding carboxylic acids is 1. The molecule has 82 valence electrons. The molecule has 1 saturated carbocycles. The third-order valence-corrected chi connectivity index (χ3v) is 3.40. The fraction of sp³-hybridized carbons (Fsp3) is 0.923. The Kier molecular flexibility index (Phi) is 4.15. The zero-order valence-corrected chi connectivity index (χ0v) is 10.0. The smallest absolute Gasteiger partial charge is 0.139 e. The van der Waals surface area contributed by atoms with Crippen LogP contribution in [-0.4, -0.2) is 5.78 Å². The quantitative estimate of drug-likeness (QED) is 0.673. The van der Waals surface area contributed by atoms with Crippen molar-refractivity contribution in [2.24, 2.45) is 23.7 Å². The SMILES string of the molecule is CC(C)CC1CCCC(C(C)C)C1=O. The van der Waals surface area contributed by atoms with E-state index in [1.54, 1.807) is 0 Å². The molecule has 0 aliphatic heterocycles. The van der Waals surface area contributed by atoms with E-state index in [2.05, 4.69) is 27.7 Å². The third kappa shape index (κ3) is 2.83. The second-order valence-electron chi connectivity index (χ2n) is 5.51. The Labute approximate surface area is 88.3 Å². The van der Waals surface area contributed by atoms with Crippen molar-refractivity contribution in [2.45, 2.75) is 53.4 Å². The first-order valence-corrected chi connectivity index (χ1v) is 6.06. The summed E-state index contributed by atoms with van der Waals surface area (Å²) in [4.78, 5) is 12.1. The van der Waals surface area contributed by atoms with Crippen LogP contribution >= 0.6 is 0 Å². The van der Waals surface area contributed by atoms with Crippen LogP contribution in [0.3, 0.4) is 0 Å². The van der Waals surface area contributed by atoms with E-state index in [1.165, 1.54) is 6.42 Å². The molecule has 2 unspecified atom stereocenters. The molecule has 1 aliphatic rings.